The van der Waals surface area contributed by atoms with Crippen LogP contribution in [0.3, 0.4) is 0 Å². The van der Waals surface area contributed by atoms with Crippen LogP contribution in [0.5, 0.6) is 5.75 Å². The maximum atomic E-state index is 10.6. The zero-order valence-electron chi connectivity index (χ0n) is 15.7. The van der Waals surface area contributed by atoms with Gasteiger partial charge in [0.15, 0.2) is 0 Å². The van der Waals surface area contributed by atoms with Gasteiger partial charge in [0.2, 0.25) is 0 Å². The Hall–Kier alpha value is -2.46. The largest absolute Gasteiger partial charge is 0.508 e. The summed E-state index contributed by atoms with van der Waals surface area (Å²) in [6.07, 6.45) is 4.52. The van der Waals surface area contributed by atoms with E-state index < -0.39 is 0 Å². The van der Waals surface area contributed by atoms with Gasteiger partial charge in [0, 0.05) is 61.3 Å². The van der Waals surface area contributed by atoms with E-state index in [1.807, 2.05) is 6.07 Å². The van der Waals surface area contributed by atoms with Gasteiger partial charge in [-0.25, -0.2) is 0 Å². The SMILES string of the molecule is Oc1ccc2oc3c(c2c1CN1CCN(c2ccccc2)CC1)CCCC3. The molecule has 3 aromatic rings. The molecule has 1 saturated heterocycles. The van der Waals surface area contributed by atoms with Crippen LogP contribution in [0, 0.1) is 0 Å². The normalized spacial score (nSPS) is 18.0. The number of fused-ring (bicyclic) bond motifs is 3. The fraction of sp³-hybridized carbons (Fsp3) is 0.391. The minimum absolute atomic E-state index is 0.405. The Morgan fingerprint density at radius 2 is 1.67 bits per heavy atom. The van der Waals surface area contributed by atoms with Gasteiger partial charge in [0.05, 0.1) is 0 Å². The van der Waals surface area contributed by atoms with E-state index in [1.165, 1.54) is 29.5 Å². The molecule has 5 rings (SSSR count). The lowest BCUT2D eigenvalue weighted by Gasteiger charge is -2.36. The van der Waals surface area contributed by atoms with Crippen molar-refractivity contribution in [3.8, 4) is 5.75 Å². The maximum absolute atomic E-state index is 10.6. The molecule has 1 N–H and O–H groups in total. The molecule has 2 aliphatic rings. The van der Waals surface area contributed by atoms with Gasteiger partial charge in [-0.15, -0.1) is 0 Å². The van der Waals surface area contributed by atoms with Crippen LogP contribution in [0.1, 0.15) is 29.7 Å². The van der Waals surface area contributed by atoms with Crippen molar-refractivity contribution in [2.45, 2.75) is 32.2 Å². The van der Waals surface area contributed by atoms with E-state index in [-0.39, 0.29) is 0 Å². The quantitative estimate of drug-likeness (QED) is 0.752. The average Bonchev–Trinajstić information content (AvgIpc) is 3.10. The zero-order valence-corrected chi connectivity index (χ0v) is 15.7. The van der Waals surface area contributed by atoms with E-state index in [1.54, 1.807) is 6.07 Å². The number of aryl methyl sites for hydroxylation is 2. The number of furan rings is 1. The monoisotopic (exact) mass is 362 g/mol. The summed E-state index contributed by atoms with van der Waals surface area (Å²) in [5.74, 6) is 1.54. The molecule has 2 heterocycles. The van der Waals surface area contributed by atoms with Gasteiger partial charge in [-0.05, 0) is 43.5 Å². The van der Waals surface area contributed by atoms with Gasteiger partial charge in [0.25, 0.3) is 0 Å². The Morgan fingerprint density at radius 3 is 2.48 bits per heavy atom. The predicted octanol–water partition coefficient (Wildman–Crippen LogP) is 4.34. The highest BCUT2D eigenvalue weighted by Crippen LogP contribution is 2.38. The third kappa shape index (κ3) is 3.08. The van der Waals surface area contributed by atoms with Gasteiger partial charge < -0.3 is 14.4 Å². The number of rotatable bonds is 3. The van der Waals surface area contributed by atoms with E-state index in [2.05, 4.69) is 40.1 Å². The number of phenols is 1. The summed E-state index contributed by atoms with van der Waals surface area (Å²) in [5, 5.41) is 11.8. The van der Waals surface area contributed by atoms with E-state index in [4.69, 9.17) is 4.42 Å². The molecule has 1 aliphatic carbocycles. The average molecular weight is 362 g/mol. The third-order valence-electron chi connectivity index (χ3n) is 6.08. The Morgan fingerprint density at radius 1 is 0.889 bits per heavy atom. The highest BCUT2D eigenvalue weighted by molar-refractivity contribution is 5.88. The van der Waals surface area contributed by atoms with Crippen molar-refractivity contribution in [3.63, 3.8) is 0 Å². The van der Waals surface area contributed by atoms with Crippen molar-refractivity contribution in [2.24, 2.45) is 0 Å². The van der Waals surface area contributed by atoms with Crippen molar-refractivity contribution < 1.29 is 9.52 Å². The molecular formula is C23H26N2O2. The van der Waals surface area contributed by atoms with Crippen molar-refractivity contribution in [1.29, 1.82) is 0 Å². The molecule has 2 aromatic carbocycles. The first-order valence-electron chi connectivity index (χ1n) is 10.1. The molecule has 0 amide bonds. The highest BCUT2D eigenvalue weighted by Gasteiger charge is 2.24. The first-order chi connectivity index (χ1) is 13.3. The summed E-state index contributed by atoms with van der Waals surface area (Å²) in [5.41, 5.74) is 4.63. The summed E-state index contributed by atoms with van der Waals surface area (Å²) in [4.78, 5) is 4.90. The van der Waals surface area contributed by atoms with Crippen LogP contribution in [-0.2, 0) is 19.4 Å². The topological polar surface area (TPSA) is 39.9 Å². The Balaban J connectivity index is 1.38. The van der Waals surface area contributed by atoms with Crippen LogP contribution >= 0.6 is 0 Å². The Labute approximate surface area is 160 Å². The lowest BCUT2D eigenvalue weighted by atomic mass is 9.93. The van der Waals surface area contributed by atoms with Gasteiger partial charge in [-0.1, -0.05) is 18.2 Å². The summed E-state index contributed by atoms with van der Waals surface area (Å²) in [7, 11) is 0. The standard InChI is InChI=1S/C23H26N2O2/c26-20-10-11-22-23(18-8-4-5-9-21(18)27-22)19(20)16-24-12-14-25(15-13-24)17-6-2-1-3-7-17/h1-3,6-7,10-11,26H,4-5,8-9,12-16H2. The molecule has 27 heavy (non-hydrogen) atoms. The number of hydrogen-bond acceptors (Lipinski definition) is 4. The lowest BCUT2D eigenvalue weighted by molar-refractivity contribution is 0.247. The molecule has 4 heteroatoms. The third-order valence-corrected chi connectivity index (χ3v) is 6.08. The van der Waals surface area contributed by atoms with Gasteiger partial charge in [-0.2, -0.15) is 0 Å². The molecule has 1 fully saturated rings. The molecule has 140 valence electrons. The van der Waals surface area contributed by atoms with Gasteiger partial charge in [0.1, 0.15) is 17.1 Å². The second kappa shape index (κ2) is 6.93. The lowest BCUT2D eigenvalue weighted by Crippen LogP contribution is -2.46. The van der Waals surface area contributed by atoms with Crippen LogP contribution in [0.25, 0.3) is 11.0 Å². The summed E-state index contributed by atoms with van der Waals surface area (Å²) < 4.78 is 6.11. The number of para-hydroxylation sites is 1. The number of aromatic hydroxyl groups is 1. The van der Waals surface area contributed by atoms with E-state index in [0.717, 1.165) is 62.5 Å². The minimum atomic E-state index is 0.405. The summed E-state index contributed by atoms with van der Waals surface area (Å²) in [6.45, 7) is 4.84. The number of hydrogen-bond donors (Lipinski definition) is 1. The minimum Gasteiger partial charge on any atom is -0.508 e. The molecule has 1 aliphatic heterocycles. The van der Waals surface area contributed by atoms with Crippen LogP contribution in [0.4, 0.5) is 5.69 Å². The molecule has 0 atom stereocenters. The van der Waals surface area contributed by atoms with Crippen molar-refractivity contribution >= 4 is 16.7 Å². The molecule has 0 unspecified atom stereocenters. The molecule has 0 spiro atoms. The van der Waals surface area contributed by atoms with Crippen LogP contribution in [0.15, 0.2) is 46.9 Å². The van der Waals surface area contributed by atoms with Crippen LogP contribution in [-0.4, -0.2) is 36.2 Å². The second-order valence-corrected chi connectivity index (χ2v) is 7.75. The Kier molecular flexibility index (Phi) is 4.29. The van der Waals surface area contributed by atoms with Crippen molar-refractivity contribution in [1.82, 2.24) is 4.90 Å². The smallest absolute Gasteiger partial charge is 0.135 e. The first kappa shape index (κ1) is 16.7. The number of phenolic OH excluding ortho intramolecular Hbond substituents is 1. The van der Waals surface area contributed by atoms with Crippen LogP contribution in [0.2, 0.25) is 0 Å². The Bertz CT molecular complexity index is 940. The first-order valence-corrected chi connectivity index (χ1v) is 10.1. The number of benzene rings is 2. The highest BCUT2D eigenvalue weighted by atomic mass is 16.3. The second-order valence-electron chi connectivity index (χ2n) is 7.75. The number of piperazine rings is 1. The van der Waals surface area contributed by atoms with E-state index in [9.17, 15) is 5.11 Å². The van der Waals surface area contributed by atoms with E-state index >= 15 is 0 Å². The number of nitrogens with zero attached hydrogens (tertiary/aromatic N) is 2. The maximum Gasteiger partial charge on any atom is 0.135 e. The molecule has 0 bridgehead atoms. The van der Waals surface area contributed by atoms with Gasteiger partial charge >= 0.3 is 0 Å². The van der Waals surface area contributed by atoms with Crippen molar-refractivity contribution in [3.05, 3.63) is 59.4 Å². The molecule has 0 radical (unpaired) electrons. The summed E-state index contributed by atoms with van der Waals surface area (Å²) in [6, 6.07) is 14.4. The fourth-order valence-corrected chi connectivity index (χ4v) is 4.61. The molecular weight excluding hydrogens is 336 g/mol. The molecule has 0 saturated carbocycles. The van der Waals surface area contributed by atoms with Crippen molar-refractivity contribution in [2.75, 3.05) is 31.1 Å². The number of anilines is 1. The predicted molar refractivity (Wildman–Crippen MR) is 108 cm³/mol. The molecule has 1 aromatic heterocycles. The van der Waals surface area contributed by atoms with Crippen LogP contribution < -0.4 is 4.90 Å². The summed E-state index contributed by atoms with van der Waals surface area (Å²) >= 11 is 0. The zero-order chi connectivity index (χ0) is 18.2. The van der Waals surface area contributed by atoms with E-state index in [0.29, 0.717) is 5.75 Å². The van der Waals surface area contributed by atoms with Gasteiger partial charge in [-0.3, -0.25) is 4.90 Å². The molecule has 4 nitrogen and oxygen atoms in total. The fourth-order valence-electron chi connectivity index (χ4n) is 4.61.